The van der Waals surface area contributed by atoms with E-state index >= 15 is 0 Å². The van der Waals surface area contributed by atoms with E-state index in [1.165, 1.54) is 0 Å². The zero-order chi connectivity index (χ0) is 21.8. The van der Waals surface area contributed by atoms with Crippen molar-refractivity contribution < 1.29 is 9.59 Å². The minimum Gasteiger partial charge on any atom is -0.350 e. The molecule has 0 aliphatic heterocycles. The van der Waals surface area contributed by atoms with Crippen molar-refractivity contribution in [2.75, 3.05) is 0 Å². The second-order valence-electron chi connectivity index (χ2n) is 8.24. The van der Waals surface area contributed by atoms with E-state index in [1.54, 1.807) is 30.0 Å². The summed E-state index contributed by atoms with van der Waals surface area (Å²) in [5.41, 5.74) is 2.18. The highest BCUT2D eigenvalue weighted by Crippen LogP contribution is 2.27. The van der Waals surface area contributed by atoms with Gasteiger partial charge in [-0.2, -0.15) is 0 Å². The number of hydrogen-bond donors (Lipinski definition) is 1. The molecule has 1 N–H and O–H groups in total. The molecule has 0 spiro atoms. The van der Waals surface area contributed by atoms with Gasteiger partial charge in [-0.15, -0.1) is 0 Å². The first-order chi connectivity index (χ1) is 13.5. The topological polar surface area (TPSA) is 49.4 Å². The van der Waals surface area contributed by atoms with Crippen LogP contribution in [0.3, 0.4) is 0 Å². The number of benzene rings is 2. The fourth-order valence-corrected chi connectivity index (χ4v) is 3.50. The van der Waals surface area contributed by atoms with Crippen molar-refractivity contribution in [3.8, 4) is 0 Å². The summed E-state index contributed by atoms with van der Waals surface area (Å²) < 4.78 is 0. The van der Waals surface area contributed by atoms with E-state index in [9.17, 15) is 9.59 Å². The van der Waals surface area contributed by atoms with Gasteiger partial charge in [0.1, 0.15) is 6.04 Å². The van der Waals surface area contributed by atoms with E-state index < -0.39 is 11.6 Å². The number of carbonyl (C=O) groups excluding carboxylic acids is 2. The molecule has 0 fully saturated rings. The predicted octanol–water partition coefficient (Wildman–Crippen LogP) is 5.18. The lowest BCUT2D eigenvalue weighted by molar-refractivity contribution is -0.140. The normalized spacial score (nSPS) is 12.4. The molecular formula is C23H28Cl2N2O2. The van der Waals surface area contributed by atoms with Crippen molar-refractivity contribution in [3.05, 3.63) is 69.2 Å². The summed E-state index contributed by atoms with van der Waals surface area (Å²) >= 11 is 12.7. The van der Waals surface area contributed by atoms with Crippen molar-refractivity contribution in [2.45, 2.75) is 59.2 Å². The van der Waals surface area contributed by atoms with Crippen LogP contribution in [-0.2, 0) is 22.6 Å². The fraction of sp³-hybridized carbons (Fsp3) is 0.391. The summed E-state index contributed by atoms with van der Waals surface area (Å²) in [5, 5.41) is 3.88. The highest BCUT2D eigenvalue weighted by molar-refractivity contribution is 6.36. The van der Waals surface area contributed by atoms with Crippen LogP contribution in [0.2, 0.25) is 10.0 Å². The Labute approximate surface area is 183 Å². The molecule has 2 aromatic rings. The highest BCUT2D eigenvalue weighted by atomic mass is 35.5. The molecule has 0 bridgehead atoms. The van der Waals surface area contributed by atoms with Crippen LogP contribution in [0.25, 0.3) is 0 Å². The number of amides is 2. The van der Waals surface area contributed by atoms with Gasteiger partial charge in [-0.1, -0.05) is 53.5 Å². The maximum absolute atomic E-state index is 13.3. The maximum Gasteiger partial charge on any atom is 0.242 e. The molecule has 6 heteroatoms. The van der Waals surface area contributed by atoms with Gasteiger partial charge < -0.3 is 10.2 Å². The third kappa shape index (κ3) is 6.48. The highest BCUT2D eigenvalue weighted by Gasteiger charge is 2.29. The van der Waals surface area contributed by atoms with Crippen molar-refractivity contribution in [3.63, 3.8) is 0 Å². The van der Waals surface area contributed by atoms with Gasteiger partial charge in [0.25, 0.3) is 0 Å². The first kappa shape index (κ1) is 23.2. The second kappa shape index (κ2) is 9.64. The van der Waals surface area contributed by atoms with E-state index in [0.717, 1.165) is 11.1 Å². The Hall–Kier alpha value is -2.04. The van der Waals surface area contributed by atoms with Crippen LogP contribution in [0.15, 0.2) is 42.5 Å². The number of carbonyl (C=O) groups is 2. The molecule has 0 saturated carbocycles. The van der Waals surface area contributed by atoms with E-state index in [4.69, 9.17) is 23.2 Å². The van der Waals surface area contributed by atoms with Gasteiger partial charge in [0.05, 0.1) is 6.42 Å². The first-order valence-electron chi connectivity index (χ1n) is 9.58. The molecule has 0 radical (unpaired) electrons. The SMILES string of the molecule is Cc1ccccc1CC(=O)N(Cc1c(Cl)cccc1Cl)[C@H](C)C(=O)NC(C)(C)C. The molecule has 1 atom stereocenters. The van der Waals surface area contributed by atoms with Gasteiger partial charge in [-0.25, -0.2) is 0 Å². The van der Waals surface area contributed by atoms with Gasteiger partial charge in [0.15, 0.2) is 0 Å². The van der Waals surface area contributed by atoms with E-state index in [0.29, 0.717) is 15.6 Å². The van der Waals surface area contributed by atoms with Gasteiger partial charge in [0, 0.05) is 27.7 Å². The molecule has 0 unspecified atom stereocenters. The van der Waals surface area contributed by atoms with Crippen molar-refractivity contribution in [1.82, 2.24) is 10.2 Å². The minimum atomic E-state index is -0.682. The second-order valence-corrected chi connectivity index (χ2v) is 9.05. The standard InChI is InChI=1S/C23H28Cl2N2O2/c1-15-9-6-7-10-17(15)13-21(28)27(16(2)22(29)26-23(3,4)5)14-18-19(24)11-8-12-20(18)25/h6-12,16H,13-14H2,1-5H3,(H,26,29)/t16-/m1/s1. The van der Waals surface area contributed by atoms with Crippen LogP contribution in [0.4, 0.5) is 0 Å². The average Bonchev–Trinajstić information content (AvgIpc) is 2.61. The third-order valence-corrected chi connectivity index (χ3v) is 5.37. The summed E-state index contributed by atoms with van der Waals surface area (Å²) in [7, 11) is 0. The van der Waals surface area contributed by atoms with Crippen molar-refractivity contribution in [1.29, 1.82) is 0 Å². The average molecular weight is 435 g/mol. The van der Waals surface area contributed by atoms with Gasteiger partial charge in [-0.05, 0) is 57.9 Å². The first-order valence-corrected chi connectivity index (χ1v) is 10.3. The summed E-state index contributed by atoms with van der Waals surface area (Å²) in [6.45, 7) is 9.56. The van der Waals surface area contributed by atoms with Gasteiger partial charge in [0.2, 0.25) is 11.8 Å². The Kier molecular flexibility index (Phi) is 7.73. The lowest BCUT2D eigenvalue weighted by Crippen LogP contribution is -2.52. The summed E-state index contributed by atoms with van der Waals surface area (Å²) in [5.74, 6) is -0.384. The zero-order valence-corrected chi connectivity index (χ0v) is 19.1. The number of nitrogens with one attached hydrogen (secondary N) is 1. The molecule has 2 amide bonds. The van der Waals surface area contributed by atoms with Gasteiger partial charge >= 0.3 is 0 Å². The third-order valence-electron chi connectivity index (χ3n) is 4.66. The molecule has 0 aliphatic carbocycles. The Bertz CT molecular complexity index is 870. The molecule has 4 nitrogen and oxygen atoms in total. The summed E-state index contributed by atoms with van der Waals surface area (Å²) in [6, 6.07) is 12.3. The number of halogens is 2. The molecule has 0 heterocycles. The molecular weight excluding hydrogens is 407 g/mol. The fourth-order valence-electron chi connectivity index (χ4n) is 2.98. The minimum absolute atomic E-state index is 0.155. The number of rotatable bonds is 6. The Morgan fingerprint density at radius 3 is 2.17 bits per heavy atom. The molecule has 0 aromatic heterocycles. The van der Waals surface area contributed by atoms with Crippen LogP contribution in [-0.4, -0.2) is 28.3 Å². The molecule has 2 aromatic carbocycles. The summed E-state index contributed by atoms with van der Waals surface area (Å²) in [6.07, 6.45) is 0.196. The van der Waals surface area contributed by atoms with E-state index in [1.807, 2.05) is 52.0 Å². The molecule has 0 aliphatic rings. The zero-order valence-electron chi connectivity index (χ0n) is 17.6. The smallest absolute Gasteiger partial charge is 0.242 e. The van der Waals surface area contributed by atoms with Crippen molar-refractivity contribution >= 4 is 35.0 Å². The Balaban J connectivity index is 2.35. The van der Waals surface area contributed by atoms with Crippen LogP contribution in [0.5, 0.6) is 0 Å². The van der Waals surface area contributed by atoms with Crippen LogP contribution in [0, 0.1) is 6.92 Å². The molecule has 156 valence electrons. The quantitative estimate of drug-likeness (QED) is 0.680. The number of aryl methyl sites for hydroxylation is 1. The Morgan fingerprint density at radius 1 is 1.03 bits per heavy atom. The van der Waals surface area contributed by atoms with E-state index in [-0.39, 0.29) is 24.8 Å². The maximum atomic E-state index is 13.3. The lowest BCUT2D eigenvalue weighted by Gasteiger charge is -2.32. The predicted molar refractivity (Wildman–Crippen MR) is 119 cm³/mol. The monoisotopic (exact) mass is 434 g/mol. The van der Waals surface area contributed by atoms with Gasteiger partial charge in [-0.3, -0.25) is 9.59 Å². The van der Waals surface area contributed by atoms with E-state index in [2.05, 4.69) is 5.32 Å². The molecule has 2 rings (SSSR count). The van der Waals surface area contributed by atoms with Crippen molar-refractivity contribution in [2.24, 2.45) is 0 Å². The number of nitrogens with zero attached hydrogens (tertiary/aromatic N) is 1. The largest absolute Gasteiger partial charge is 0.350 e. The summed E-state index contributed by atoms with van der Waals surface area (Å²) in [4.78, 5) is 27.6. The van der Waals surface area contributed by atoms with Crippen LogP contribution < -0.4 is 5.32 Å². The van der Waals surface area contributed by atoms with Crippen LogP contribution >= 0.6 is 23.2 Å². The number of hydrogen-bond acceptors (Lipinski definition) is 2. The molecule has 29 heavy (non-hydrogen) atoms. The van der Waals surface area contributed by atoms with Crippen LogP contribution in [0.1, 0.15) is 44.4 Å². The Morgan fingerprint density at radius 2 is 1.62 bits per heavy atom. The lowest BCUT2D eigenvalue weighted by atomic mass is 10.0. The molecule has 0 saturated heterocycles.